The highest BCUT2D eigenvalue weighted by molar-refractivity contribution is 5.94. The van der Waals surface area contributed by atoms with Gasteiger partial charge in [0.1, 0.15) is 5.69 Å². The van der Waals surface area contributed by atoms with Crippen molar-refractivity contribution in [1.82, 2.24) is 14.8 Å². The molecule has 4 rings (SSSR count). The number of aryl methyl sites for hydroxylation is 1. The average Bonchev–Trinajstić information content (AvgIpc) is 2.98. The molecule has 2 aliphatic heterocycles. The van der Waals surface area contributed by atoms with E-state index in [1.165, 1.54) is 5.56 Å². The van der Waals surface area contributed by atoms with Gasteiger partial charge in [-0.1, -0.05) is 36.4 Å². The van der Waals surface area contributed by atoms with Gasteiger partial charge in [0, 0.05) is 37.3 Å². The molecule has 1 aromatic carbocycles. The van der Waals surface area contributed by atoms with Crippen LogP contribution >= 0.6 is 0 Å². The third kappa shape index (κ3) is 3.75. The van der Waals surface area contributed by atoms with E-state index in [2.05, 4.69) is 29.1 Å². The van der Waals surface area contributed by atoms with Crippen LogP contribution in [0.2, 0.25) is 0 Å². The van der Waals surface area contributed by atoms with Crippen molar-refractivity contribution < 1.29 is 9.53 Å². The summed E-state index contributed by atoms with van der Waals surface area (Å²) in [5.41, 5.74) is 2.95. The first-order valence-corrected chi connectivity index (χ1v) is 9.59. The standard InChI is InChI=1S/C22H27N3O2/c1-17-7-6-10-23-20(17)21(26)25-15-22(16-25)11-19(24(2)14-22)13-27-12-18-8-4-3-5-9-18/h3-10,19H,11-16H2,1-2H3. The van der Waals surface area contributed by atoms with E-state index in [0.29, 0.717) is 18.3 Å². The molecule has 1 amide bonds. The minimum Gasteiger partial charge on any atom is -0.375 e. The van der Waals surface area contributed by atoms with Crippen molar-refractivity contribution >= 4 is 5.91 Å². The highest BCUT2D eigenvalue weighted by Crippen LogP contribution is 2.42. The number of carbonyl (C=O) groups excluding carboxylic acids is 1. The number of likely N-dealkylation sites (tertiary alicyclic amines) is 2. The fourth-order valence-electron chi connectivity index (χ4n) is 4.45. The second-order valence-corrected chi connectivity index (χ2v) is 8.10. The second kappa shape index (κ2) is 7.41. The molecule has 5 heteroatoms. The molecule has 142 valence electrons. The first kappa shape index (κ1) is 18.1. The Morgan fingerprint density at radius 2 is 1.96 bits per heavy atom. The second-order valence-electron chi connectivity index (χ2n) is 8.10. The third-order valence-corrected chi connectivity index (χ3v) is 5.85. The van der Waals surface area contributed by atoms with Crippen molar-refractivity contribution in [2.24, 2.45) is 5.41 Å². The van der Waals surface area contributed by atoms with Gasteiger partial charge in [0.2, 0.25) is 0 Å². The molecule has 1 aromatic heterocycles. The molecule has 0 N–H and O–H groups in total. The summed E-state index contributed by atoms with van der Waals surface area (Å²) in [6.45, 7) is 6.00. The first-order valence-electron chi connectivity index (χ1n) is 9.59. The summed E-state index contributed by atoms with van der Waals surface area (Å²) in [5.74, 6) is 0.0603. The highest BCUT2D eigenvalue weighted by atomic mass is 16.5. The lowest BCUT2D eigenvalue weighted by atomic mass is 9.77. The average molecular weight is 365 g/mol. The smallest absolute Gasteiger partial charge is 0.272 e. The Bertz CT molecular complexity index is 802. The fourth-order valence-corrected chi connectivity index (χ4v) is 4.45. The number of aromatic nitrogens is 1. The number of amides is 1. The minimum absolute atomic E-state index is 0.0603. The number of benzene rings is 1. The fraction of sp³-hybridized carbons (Fsp3) is 0.455. The van der Waals surface area contributed by atoms with Crippen LogP contribution < -0.4 is 0 Å². The largest absolute Gasteiger partial charge is 0.375 e. The van der Waals surface area contributed by atoms with Crippen LogP contribution in [-0.4, -0.2) is 60.0 Å². The summed E-state index contributed by atoms with van der Waals surface area (Å²) in [5, 5.41) is 0. The Kier molecular flexibility index (Phi) is 4.98. The van der Waals surface area contributed by atoms with Crippen LogP contribution in [-0.2, 0) is 11.3 Å². The van der Waals surface area contributed by atoms with Crippen molar-refractivity contribution in [3.8, 4) is 0 Å². The van der Waals surface area contributed by atoms with Crippen LogP contribution in [0.5, 0.6) is 0 Å². The molecule has 0 aliphatic carbocycles. The molecular formula is C22H27N3O2. The van der Waals surface area contributed by atoms with Crippen molar-refractivity contribution in [3.63, 3.8) is 0 Å². The molecular weight excluding hydrogens is 338 g/mol. The van der Waals surface area contributed by atoms with Crippen LogP contribution in [0.25, 0.3) is 0 Å². The van der Waals surface area contributed by atoms with Crippen molar-refractivity contribution in [3.05, 3.63) is 65.5 Å². The Labute approximate surface area is 161 Å². The van der Waals surface area contributed by atoms with E-state index in [0.717, 1.165) is 38.2 Å². The van der Waals surface area contributed by atoms with E-state index in [9.17, 15) is 4.79 Å². The lowest BCUT2D eigenvalue weighted by Gasteiger charge is -2.48. The SMILES string of the molecule is Cc1cccnc1C(=O)N1CC2(CC(COCc3ccccc3)N(C)C2)C1. The summed E-state index contributed by atoms with van der Waals surface area (Å²) in [6, 6.07) is 14.5. The van der Waals surface area contributed by atoms with Gasteiger partial charge in [-0.15, -0.1) is 0 Å². The molecule has 1 spiro atoms. The van der Waals surface area contributed by atoms with Crippen LogP contribution in [0.15, 0.2) is 48.7 Å². The Morgan fingerprint density at radius 3 is 2.70 bits per heavy atom. The van der Waals surface area contributed by atoms with E-state index >= 15 is 0 Å². The number of nitrogens with zero attached hydrogens (tertiary/aromatic N) is 3. The predicted octanol–water partition coefficient (Wildman–Crippen LogP) is 2.75. The molecule has 2 saturated heterocycles. The molecule has 2 aromatic rings. The van der Waals surface area contributed by atoms with E-state index in [4.69, 9.17) is 4.74 Å². The molecule has 0 bridgehead atoms. The van der Waals surface area contributed by atoms with Gasteiger partial charge in [-0.05, 0) is 37.6 Å². The quantitative estimate of drug-likeness (QED) is 0.817. The molecule has 5 nitrogen and oxygen atoms in total. The highest BCUT2D eigenvalue weighted by Gasteiger charge is 2.52. The number of rotatable bonds is 5. The molecule has 0 radical (unpaired) electrons. The Hall–Kier alpha value is -2.24. The monoisotopic (exact) mass is 365 g/mol. The van der Waals surface area contributed by atoms with Gasteiger partial charge in [0.25, 0.3) is 5.91 Å². The maximum Gasteiger partial charge on any atom is 0.272 e. The van der Waals surface area contributed by atoms with Crippen LogP contribution in [0.4, 0.5) is 0 Å². The minimum atomic E-state index is 0.0603. The van der Waals surface area contributed by atoms with Crippen molar-refractivity contribution in [2.45, 2.75) is 26.0 Å². The molecule has 0 saturated carbocycles. The van der Waals surface area contributed by atoms with Crippen LogP contribution in [0.1, 0.15) is 28.0 Å². The summed E-state index contributed by atoms with van der Waals surface area (Å²) in [6.07, 6.45) is 2.78. The van der Waals surface area contributed by atoms with Gasteiger partial charge in [0.15, 0.2) is 0 Å². The first-order chi connectivity index (χ1) is 13.1. The zero-order valence-electron chi connectivity index (χ0n) is 16.1. The van der Waals surface area contributed by atoms with E-state index < -0.39 is 0 Å². The summed E-state index contributed by atoms with van der Waals surface area (Å²) in [4.78, 5) is 21.3. The van der Waals surface area contributed by atoms with Crippen LogP contribution in [0.3, 0.4) is 0 Å². The van der Waals surface area contributed by atoms with Crippen LogP contribution in [0, 0.1) is 12.3 Å². The third-order valence-electron chi connectivity index (χ3n) is 5.85. The van der Waals surface area contributed by atoms with Gasteiger partial charge < -0.3 is 14.5 Å². The molecule has 2 fully saturated rings. The van der Waals surface area contributed by atoms with Gasteiger partial charge in [-0.2, -0.15) is 0 Å². The zero-order chi connectivity index (χ0) is 18.9. The van der Waals surface area contributed by atoms with E-state index in [-0.39, 0.29) is 11.3 Å². The number of ether oxygens (including phenoxy) is 1. The van der Waals surface area contributed by atoms with Crippen molar-refractivity contribution in [2.75, 3.05) is 33.3 Å². The zero-order valence-corrected chi connectivity index (χ0v) is 16.1. The number of likely N-dealkylation sites (N-methyl/N-ethyl adjacent to an activating group) is 1. The maximum absolute atomic E-state index is 12.7. The molecule has 1 unspecified atom stereocenters. The lowest BCUT2D eigenvalue weighted by molar-refractivity contribution is 0.0104. The number of pyridine rings is 1. The number of hydrogen-bond acceptors (Lipinski definition) is 4. The number of carbonyl (C=O) groups is 1. The van der Waals surface area contributed by atoms with Crippen molar-refractivity contribution in [1.29, 1.82) is 0 Å². The van der Waals surface area contributed by atoms with Gasteiger partial charge in [0.05, 0.1) is 13.2 Å². The molecule has 2 aliphatic rings. The van der Waals surface area contributed by atoms with E-state index in [1.807, 2.05) is 42.2 Å². The summed E-state index contributed by atoms with van der Waals surface area (Å²) in [7, 11) is 2.17. The Morgan fingerprint density at radius 1 is 1.19 bits per heavy atom. The van der Waals surface area contributed by atoms with Gasteiger partial charge in [-0.25, -0.2) is 0 Å². The van der Waals surface area contributed by atoms with Gasteiger partial charge in [-0.3, -0.25) is 9.78 Å². The lowest BCUT2D eigenvalue weighted by Crippen LogP contribution is -2.59. The topological polar surface area (TPSA) is 45.7 Å². The van der Waals surface area contributed by atoms with E-state index in [1.54, 1.807) is 6.20 Å². The molecule has 1 atom stereocenters. The molecule has 3 heterocycles. The predicted molar refractivity (Wildman–Crippen MR) is 104 cm³/mol. The normalized spacial score (nSPS) is 21.4. The molecule has 27 heavy (non-hydrogen) atoms. The summed E-state index contributed by atoms with van der Waals surface area (Å²) < 4.78 is 5.96. The number of hydrogen-bond donors (Lipinski definition) is 0. The maximum atomic E-state index is 12.7. The van der Waals surface area contributed by atoms with Gasteiger partial charge >= 0.3 is 0 Å². The summed E-state index contributed by atoms with van der Waals surface area (Å²) >= 11 is 0. The Balaban J connectivity index is 1.29.